The molecule has 2 aromatic carbocycles. The van der Waals surface area contributed by atoms with E-state index in [0.717, 1.165) is 58.5 Å². The van der Waals surface area contributed by atoms with Crippen molar-refractivity contribution in [1.82, 2.24) is 5.32 Å². The molecule has 1 saturated heterocycles. The Kier molecular flexibility index (Phi) is 6.12. The third-order valence-electron chi connectivity index (χ3n) is 6.17. The molecule has 0 radical (unpaired) electrons. The number of benzene rings is 2. The van der Waals surface area contributed by atoms with Crippen LogP contribution in [0.3, 0.4) is 0 Å². The van der Waals surface area contributed by atoms with Gasteiger partial charge in [-0.25, -0.2) is 0 Å². The van der Waals surface area contributed by atoms with E-state index in [1.165, 1.54) is 18.5 Å². The second-order valence-electron chi connectivity index (χ2n) is 8.16. The molecule has 1 aromatic heterocycles. The van der Waals surface area contributed by atoms with E-state index in [0.29, 0.717) is 12.5 Å². The number of nitrogens with one attached hydrogen (secondary N) is 1. The van der Waals surface area contributed by atoms with E-state index in [2.05, 4.69) is 22.3 Å². The minimum atomic E-state index is -0.0114. The summed E-state index contributed by atoms with van der Waals surface area (Å²) in [6, 6.07) is 12.3. The molecule has 5 nitrogen and oxygen atoms in total. The summed E-state index contributed by atoms with van der Waals surface area (Å²) in [5.74, 6) is 3.19. The lowest BCUT2D eigenvalue weighted by Gasteiger charge is -2.34. The van der Waals surface area contributed by atoms with Crippen LogP contribution < -0.4 is 24.4 Å². The topological polar surface area (TPSA) is 43.0 Å². The Morgan fingerprint density at radius 3 is 2.84 bits per heavy atom. The van der Waals surface area contributed by atoms with Gasteiger partial charge in [0.2, 0.25) is 0 Å². The molecule has 1 fully saturated rings. The van der Waals surface area contributed by atoms with Gasteiger partial charge in [-0.2, -0.15) is 0 Å². The summed E-state index contributed by atoms with van der Waals surface area (Å²) in [5.41, 5.74) is 1.20. The number of nitrogens with zero attached hydrogens (tertiary/aromatic N) is 1. The number of fused-ring (bicyclic) bond motifs is 3. The van der Waals surface area contributed by atoms with Gasteiger partial charge in [-0.05, 0) is 49.6 Å². The Hall–Kier alpha value is -2.15. The lowest BCUT2D eigenvalue weighted by Crippen LogP contribution is -2.42. The summed E-state index contributed by atoms with van der Waals surface area (Å²) in [6.07, 6.45) is 2.32. The van der Waals surface area contributed by atoms with E-state index in [-0.39, 0.29) is 6.10 Å². The summed E-state index contributed by atoms with van der Waals surface area (Å²) >= 11 is 8.02. The molecule has 31 heavy (non-hydrogen) atoms. The minimum Gasteiger partial charge on any atom is -0.495 e. The van der Waals surface area contributed by atoms with Gasteiger partial charge in [-0.1, -0.05) is 23.7 Å². The second-order valence-corrected chi connectivity index (χ2v) is 9.48. The van der Waals surface area contributed by atoms with E-state index in [1.54, 1.807) is 18.4 Å². The largest absolute Gasteiger partial charge is 0.495 e. The number of anilines is 1. The molecular formula is C24H27ClN2O3S. The first kappa shape index (κ1) is 20.7. The van der Waals surface area contributed by atoms with Gasteiger partial charge in [-0.15, -0.1) is 11.3 Å². The predicted octanol–water partition coefficient (Wildman–Crippen LogP) is 5.21. The van der Waals surface area contributed by atoms with E-state index in [1.807, 2.05) is 29.6 Å². The van der Waals surface area contributed by atoms with Crippen LogP contribution in [0, 0.1) is 5.92 Å². The molecule has 0 spiro atoms. The smallest absolute Gasteiger partial charge is 0.172 e. The van der Waals surface area contributed by atoms with Gasteiger partial charge in [0.05, 0.1) is 23.2 Å². The lowest BCUT2D eigenvalue weighted by atomic mass is 9.96. The zero-order valence-corrected chi connectivity index (χ0v) is 19.2. The SMILES string of the molecule is COc1ccccc1N1CCC(CNC[C@H]2COc3ccc4scc(Cl)c4c3O2)CC1. The van der Waals surface area contributed by atoms with E-state index < -0.39 is 0 Å². The van der Waals surface area contributed by atoms with Crippen LogP contribution in [0.1, 0.15) is 12.8 Å². The monoisotopic (exact) mass is 458 g/mol. The third kappa shape index (κ3) is 4.29. The molecule has 1 N–H and O–H groups in total. The van der Waals surface area contributed by atoms with Crippen molar-refractivity contribution < 1.29 is 14.2 Å². The second kappa shape index (κ2) is 9.15. The standard InChI is InChI=1S/C24H27ClN2O3S/c1-28-20-5-3-2-4-19(20)27-10-8-16(9-11-27)12-26-13-17-14-29-21-6-7-22-23(24(21)30-17)18(25)15-31-22/h2-7,15-17,26H,8-14H2,1H3/t17-/m0/s1. The molecule has 0 saturated carbocycles. The fraction of sp³-hybridized carbons (Fsp3) is 0.417. The predicted molar refractivity (Wildman–Crippen MR) is 128 cm³/mol. The van der Waals surface area contributed by atoms with Crippen molar-refractivity contribution in [1.29, 1.82) is 0 Å². The third-order valence-corrected chi connectivity index (χ3v) is 7.54. The highest BCUT2D eigenvalue weighted by Gasteiger charge is 2.26. The highest BCUT2D eigenvalue weighted by molar-refractivity contribution is 7.18. The summed E-state index contributed by atoms with van der Waals surface area (Å²) in [5, 5.41) is 7.27. The van der Waals surface area contributed by atoms with E-state index in [9.17, 15) is 0 Å². The maximum Gasteiger partial charge on any atom is 0.172 e. The molecule has 2 aliphatic rings. The molecular weight excluding hydrogens is 432 g/mol. The average molecular weight is 459 g/mol. The molecule has 0 amide bonds. The van der Waals surface area contributed by atoms with E-state index in [4.69, 9.17) is 25.8 Å². The fourth-order valence-corrected chi connectivity index (χ4v) is 5.67. The van der Waals surface area contributed by atoms with Crippen molar-refractivity contribution in [2.75, 3.05) is 44.8 Å². The summed E-state index contributed by atoms with van der Waals surface area (Å²) in [4.78, 5) is 2.43. The van der Waals surface area contributed by atoms with Crippen molar-refractivity contribution in [3.63, 3.8) is 0 Å². The van der Waals surface area contributed by atoms with Crippen LogP contribution in [0.5, 0.6) is 17.2 Å². The quantitative estimate of drug-likeness (QED) is 0.549. The van der Waals surface area contributed by atoms with Crippen LogP contribution in [-0.2, 0) is 0 Å². The lowest BCUT2D eigenvalue weighted by molar-refractivity contribution is 0.0914. The Morgan fingerprint density at radius 2 is 2.00 bits per heavy atom. The van der Waals surface area contributed by atoms with E-state index >= 15 is 0 Å². The van der Waals surface area contributed by atoms with Crippen LogP contribution in [0.15, 0.2) is 41.8 Å². The molecule has 164 valence electrons. The van der Waals surface area contributed by atoms with Crippen LogP contribution in [-0.4, -0.2) is 46.0 Å². The first-order valence-corrected chi connectivity index (χ1v) is 12.1. The number of para-hydroxylation sites is 2. The Morgan fingerprint density at radius 1 is 1.16 bits per heavy atom. The van der Waals surface area contributed by atoms with Crippen molar-refractivity contribution in [2.45, 2.75) is 18.9 Å². The Labute approximate surface area is 191 Å². The summed E-state index contributed by atoms with van der Waals surface area (Å²) < 4.78 is 18.9. The number of hydrogen-bond acceptors (Lipinski definition) is 6. The number of hydrogen-bond donors (Lipinski definition) is 1. The zero-order chi connectivity index (χ0) is 21.2. The maximum atomic E-state index is 6.39. The van der Waals surface area contributed by atoms with Gasteiger partial charge in [0, 0.05) is 29.7 Å². The first-order valence-electron chi connectivity index (χ1n) is 10.8. The van der Waals surface area contributed by atoms with Crippen LogP contribution >= 0.6 is 22.9 Å². The fourth-order valence-electron chi connectivity index (χ4n) is 4.48. The molecule has 0 bridgehead atoms. The normalized spacial score (nSPS) is 19.0. The van der Waals surface area contributed by atoms with Gasteiger partial charge in [0.25, 0.3) is 0 Å². The molecule has 1 atom stereocenters. The number of ether oxygens (including phenoxy) is 3. The van der Waals surface area contributed by atoms with Crippen LogP contribution in [0.4, 0.5) is 5.69 Å². The molecule has 7 heteroatoms. The van der Waals surface area contributed by atoms with Crippen molar-refractivity contribution in [3.05, 3.63) is 46.8 Å². The summed E-state index contributed by atoms with van der Waals surface area (Å²) in [6.45, 7) is 4.43. The number of methoxy groups -OCH3 is 1. The molecule has 0 unspecified atom stereocenters. The van der Waals surface area contributed by atoms with Gasteiger partial charge >= 0.3 is 0 Å². The number of thiophene rings is 1. The number of halogens is 1. The van der Waals surface area contributed by atoms with Gasteiger partial charge in [0.15, 0.2) is 11.5 Å². The first-order chi connectivity index (χ1) is 15.2. The van der Waals surface area contributed by atoms with Crippen LogP contribution in [0.2, 0.25) is 5.02 Å². The van der Waals surface area contributed by atoms with Gasteiger partial charge in [-0.3, -0.25) is 0 Å². The highest BCUT2D eigenvalue weighted by Crippen LogP contribution is 2.44. The molecule has 3 heterocycles. The summed E-state index contributed by atoms with van der Waals surface area (Å²) in [7, 11) is 1.74. The number of piperidine rings is 1. The maximum absolute atomic E-state index is 6.39. The Balaban J connectivity index is 1.12. The Bertz CT molecular complexity index is 1050. The molecule has 2 aliphatic heterocycles. The molecule has 3 aromatic rings. The molecule has 0 aliphatic carbocycles. The van der Waals surface area contributed by atoms with Crippen molar-refractivity contribution in [3.8, 4) is 17.2 Å². The highest BCUT2D eigenvalue weighted by atomic mass is 35.5. The number of rotatable bonds is 6. The van der Waals surface area contributed by atoms with Crippen molar-refractivity contribution in [2.24, 2.45) is 5.92 Å². The van der Waals surface area contributed by atoms with Crippen LogP contribution in [0.25, 0.3) is 10.1 Å². The minimum absolute atomic E-state index is 0.0114. The van der Waals surface area contributed by atoms with Gasteiger partial charge < -0.3 is 24.4 Å². The zero-order valence-electron chi connectivity index (χ0n) is 17.6. The molecule has 5 rings (SSSR count). The van der Waals surface area contributed by atoms with Gasteiger partial charge in [0.1, 0.15) is 18.5 Å². The van der Waals surface area contributed by atoms with Crippen molar-refractivity contribution >= 4 is 38.7 Å². The average Bonchev–Trinajstić information content (AvgIpc) is 3.21.